The number of fused-ring (bicyclic) bond motifs is 2. The molecule has 5 rings (SSSR count). The number of rotatable bonds is 3. The van der Waals surface area contributed by atoms with Gasteiger partial charge in [-0.25, -0.2) is 9.18 Å². The van der Waals surface area contributed by atoms with Gasteiger partial charge in [0, 0.05) is 37.6 Å². The number of furan rings is 1. The number of benzene rings is 3. The van der Waals surface area contributed by atoms with E-state index < -0.39 is 17.7 Å². The van der Waals surface area contributed by atoms with E-state index in [1.807, 2.05) is 18.2 Å². The van der Waals surface area contributed by atoms with Crippen LogP contribution in [0.25, 0.3) is 11.0 Å². The Morgan fingerprint density at radius 1 is 1.23 bits per heavy atom. The Morgan fingerprint density at radius 2 is 2.03 bits per heavy atom. The van der Waals surface area contributed by atoms with Crippen molar-refractivity contribution in [2.24, 2.45) is 5.73 Å². The molecule has 174 valence electrons. The predicted molar refractivity (Wildman–Crippen MR) is 131 cm³/mol. The van der Waals surface area contributed by atoms with E-state index in [-0.39, 0.29) is 39.3 Å². The molecule has 3 aromatic carbocycles. The fourth-order valence-corrected chi connectivity index (χ4v) is 4.74. The lowest BCUT2D eigenvalue weighted by Gasteiger charge is -2.27. The van der Waals surface area contributed by atoms with Crippen molar-refractivity contribution in [2.75, 3.05) is 0 Å². The summed E-state index contributed by atoms with van der Waals surface area (Å²) in [7, 11) is 0. The van der Waals surface area contributed by atoms with Crippen molar-refractivity contribution in [1.82, 2.24) is 0 Å². The quantitative estimate of drug-likeness (QED) is 0.223. The van der Waals surface area contributed by atoms with Crippen LogP contribution in [0.2, 0.25) is 5.02 Å². The van der Waals surface area contributed by atoms with E-state index >= 15 is 0 Å². The van der Waals surface area contributed by atoms with Gasteiger partial charge in [-0.2, -0.15) is 5.26 Å². The van der Waals surface area contributed by atoms with Crippen LogP contribution in [-0.2, 0) is 0 Å². The molecule has 0 bridgehead atoms. The lowest BCUT2D eigenvalue weighted by molar-refractivity contribution is 0.0702. The zero-order chi connectivity index (χ0) is 24.9. The summed E-state index contributed by atoms with van der Waals surface area (Å²) in [6.45, 7) is 1.77. The molecule has 0 amide bonds. The third-order valence-electron chi connectivity index (χ3n) is 5.78. The Kier molecular flexibility index (Phi) is 5.75. The smallest absolute Gasteiger partial charge is 0.379 e. The van der Waals surface area contributed by atoms with Crippen LogP contribution in [0.4, 0.5) is 4.39 Å². The average Bonchev–Trinajstić information content (AvgIpc) is 3.14. The van der Waals surface area contributed by atoms with Crippen LogP contribution in [0, 0.1) is 24.1 Å². The highest BCUT2D eigenvalue weighted by Crippen LogP contribution is 2.46. The molecule has 4 aromatic rings. The van der Waals surface area contributed by atoms with Crippen LogP contribution in [0.1, 0.15) is 33.2 Å². The topological polar surface area (TPSA) is 98.5 Å². The van der Waals surface area contributed by atoms with E-state index in [0.29, 0.717) is 16.7 Å². The monoisotopic (exact) mass is 552 g/mol. The van der Waals surface area contributed by atoms with Gasteiger partial charge in [0.1, 0.15) is 34.5 Å². The molecule has 6 nitrogen and oxygen atoms in total. The van der Waals surface area contributed by atoms with Gasteiger partial charge in [0.25, 0.3) is 0 Å². The van der Waals surface area contributed by atoms with E-state index in [0.717, 1.165) is 9.86 Å². The van der Waals surface area contributed by atoms with Crippen molar-refractivity contribution >= 4 is 44.5 Å². The first-order chi connectivity index (χ1) is 16.8. The van der Waals surface area contributed by atoms with Gasteiger partial charge in [-0.05, 0) is 43.3 Å². The van der Waals surface area contributed by atoms with Crippen molar-refractivity contribution in [3.63, 3.8) is 0 Å². The third-order valence-corrected chi connectivity index (χ3v) is 6.60. The summed E-state index contributed by atoms with van der Waals surface area (Å²) in [6.07, 6.45) is 0. The lowest BCUT2D eigenvalue weighted by atomic mass is 9.83. The number of aryl methyl sites for hydroxylation is 1. The predicted octanol–water partition coefficient (Wildman–Crippen LogP) is 6.73. The first kappa shape index (κ1) is 23.0. The van der Waals surface area contributed by atoms with Crippen LogP contribution in [0.15, 0.2) is 74.9 Å². The van der Waals surface area contributed by atoms with Gasteiger partial charge in [0.15, 0.2) is 0 Å². The molecule has 0 fully saturated rings. The molecule has 0 saturated heterocycles. The number of carbonyl (C=O) groups excluding carboxylic acids is 1. The van der Waals surface area contributed by atoms with Gasteiger partial charge in [0.2, 0.25) is 11.6 Å². The summed E-state index contributed by atoms with van der Waals surface area (Å²) in [6, 6.07) is 16.3. The fraction of sp³-hybridized carbons (Fsp3) is 0.0769. The number of esters is 1. The maximum absolute atomic E-state index is 14.8. The summed E-state index contributed by atoms with van der Waals surface area (Å²) < 4.78 is 32.5. The highest BCUT2D eigenvalue weighted by atomic mass is 79.9. The number of nitrogens with two attached hydrogens (primary N) is 1. The van der Waals surface area contributed by atoms with Crippen molar-refractivity contribution in [2.45, 2.75) is 12.8 Å². The molecule has 1 unspecified atom stereocenters. The van der Waals surface area contributed by atoms with Gasteiger partial charge >= 0.3 is 5.97 Å². The summed E-state index contributed by atoms with van der Waals surface area (Å²) in [5.41, 5.74) is 7.76. The van der Waals surface area contributed by atoms with Crippen molar-refractivity contribution in [1.29, 1.82) is 5.26 Å². The second kappa shape index (κ2) is 8.77. The minimum absolute atomic E-state index is 0.0262. The average molecular weight is 554 g/mol. The minimum atomic E-state index is -0.890. The van der Waals surface area contributed by atoms with Gasteiger partial charge in [-0.3, -0.25) is 0 Å². The van der Waals surface area contributed by atoms with Crippen molar-refractivity contribution < 1.29 is 23.1 Å². The number of carbonyl (C=O) groups is 1. The Morgan fingerprint density at radius 3 is 2.77 bits per heavy atom. The van der Waals surface area contributed by atoms with Gasteiger partial charge < -0.3 is 19.6 Å². The highest BCUT2D eigenvalue weighted by molar-refractivity contribution is 9.10. The number of nitriles is 1. The maximum Gasteiger partial charge on any atom is 0.379 e. The van der Waals surface area contributed by atoms with E-state index in [2.05, 4.69) is 15.9 Å². The molecule has 1 atom stereocenters. The highest BCUT2D eigenvalue weighted by Gasteiger charge is 2.34. The van der Waals surface area contributed by atoms with Crippen LogP contribution in [0.3, 0.4) is 0 Å². The zero-order valence-electron chi connectivity index (χ0n) is 18.1. The molecule has 2 heterocycles. The van der Waals surface area contributed by atoms with E-state index in [4.69, 9.17) is 31.2 Å². The summed E-state index contributed by atoms with van der Waals surface area (Å²) in [5.74, 6) is -1.93. The first-order valence-corrected chi connectivity index (χ1v) is 11.5. The number of hydrogen-bond donors (Lipinski definition) is 1. The van der Waals surface area contributed by atoms with E-state index in [1.54, 1.807) is 19.1 Å². The Balaban J connectivity index is 1.52. The molecular weight excluding hydrogens is 539 g/mol. The zero-order valence-corrected chi connectivity index (χ0v) is 20.4. The number of nitrogens with zero attached hydrogens (tertiary/aromatic N) is 1. The molecular formula is C26H15BrClFN2O4. The molecule has 0 radical (unpaired) electrons. The molecule has 0 spiro atoms. The van der Waals surface area contributed by atoms with Crippen LogP contribution < -0.4 is 15.2 Å². The Labute approximate surface area is 212 Å². The Hall–Kier alpha value is -3.80. The minimum Gasteiger partial charge on any atom is -0.449 e. The van der Waals surface area contributed by atoms with Gasteiger partial charge in [-0.15, -0.1) is 0 Å². The van der Waals surface area contributed by atoms with Crippen LogP contribution >= 0.6 is 27.5 Å². The summed E-state index contributed by atoms with van der Waals surface area (Å²) >= 11 is 9.67. The van der Waals surface area contributed by atoms with E-state index in [9.17, 15) is 14.4 Å². The molecule has 0 aliphatic carbocycles. The standard InChI is InChI=1S/C26H15BrClFN2O4/c1-12-15-7-5-13(27)9-20(15)34-24(12)26(32)33-14-6-8-16-21(10-14)35-25(31)17(11-30)22(16)23-18(28)3-2-4-19(23)29/h2-10,22H,31H2,1H3. The maximum atomic E-state index is 14.8. The molecule has 0 saturated carbocycles. The third kappa shape index (κ3) is 3.93. The summed E-state index contributed by atoms with van der Waals surface area (Å²) in [5, 5.41) is 10.6. The van der Waals surface area contributed by atoms with E-state index in [1.165, 1.54) is 30.3 Å². The largest absolute Gasteiger partial charge is 0.449 e. The number of allylic oxidation sites excluding steroid dienone is 1. The normalized spacial score (nSPS) is 14.9. The lowest BCUT2D eigenvalue weighted by Crippen LogP contribution is -2.22. The molecule has 35 heavy (non-hydrogen) atoms. The van der Waals surface area contributed by atoms with Gasteiger partial charge in [0.05, 0.1) is 5.92 Å². The second-order valence-corrected chi connectivity index (χ2v) is 9.17. The SMILES string of the molecule is Cc1c(C(=O)Oc2ccc3c(c2)OC(N)=C(C#N)C3c2c(F)cccc2Cl)oc2cc(Br)ccc12. The first-order valence-electron chi connectivity index (χ1n) is 10.3. The molecule has 2 N–H and O–H groups in total. The Bertz CT molecular complexity index is 1580. The molecule has 1 aromatic heterocycles. The second-order valence-electron chi connectivity index (χ2n) is 7.85. The van der Waals surface area contributed by atoms with Crippen molar-refractivity contribution in [3.05, 3.63) is 104 Å². The molecule has 9 heteroatoms. The molecule has 1 aliphatic heterocycles. The number of ether oxygens (including phenoxy) is 2. The van der Waals surface area contributed by atoms with Crippen molar-refractivity contribution in [3.8, 4) is 17.6 Å². The summed E-state index contributed by atoms with van der Waals surface area (Å²) in [4.78, 5) is 12.9. The number of halogens is 3. The van der Waals surface area contributed by atoms with Crippen LogP contribution in [0.5, 0.6) is 11.5 Å². The fourth-order valence-electron chi connectivity index (χ4n) is 4.13. The van der Waals surface area contributed by atoms with Gasteiger partial charge in [-0.1, -0.05) is 39.7 Å². The van der Waals surface area contributed by atoms with Crippen LogP contribution in [-0.4, -0.2) is 5.97 Å². The molecule has 1 aliphatic rings. The number of hydrogen-bond acceptors (Lipinski definition) is 6.